The zero-order chi connectivity index (χ0) is 13.9. The largest absolute Gasteiger partial charge is 0.352 e. The first kappa shape index (κ1) is 14.0. The molecule has 19 heavy (non-hydrogen) atoms. The third-order valence-corrected chi connectivity index (χ3v) is 5.02. The second kappa shape index (κ2) is 5.69. The molecule has 0 bridgehead atoms. The second-order valence-electron chi connectivity index (χ2n) is 4.77. The van der Waals surface area contributed by atoms with Crippen LogP contribution >= 0.6 is 0 Å². The fraction of sp³-hybridized carbons (Fsp3) is 0.462. The Hall–Kier alpha value is -1.43. The van der Waals surface area contributed by atoms with Crippen LogP contribution in [0.2, 0.25) is 0 Å². The molecule has 2 rings (SSSR count). The van der Waals surface area contributed by atoms with E-state index in [2.05, 4.69) is 5.32 Å². The van der Waals surface area contributed by atoms with Crippen LogP contribution in [0.15, 0.2) is 24.3 Å². The molecule has 0 unspecified atom stereocenters. The Bertz CT molecular complexity index is 540. The maximum Gasteiger partial charge on any atom is 0.223 e. The van der Waals surface area contributed by atoms with Crippen molar-refractivity contribution in [1.29, 1.82) is 0 Å². The van der Waals surface area contributed by atoms with Gasteiger partial charge in [0.05, 0.1) is 11.5 Å². The maximum atomic E-state index is 12.7. The van der Waals surface area contributed by atoms with Gasteiger partial charge in [0.25, 0.3) is 0 Å². The molecular weight excluding hydrogens is 269 g/mol. The molecule has 1 aromatic rings. The summed E-state index contributed by atoms with van der Waals surface area (Å²) in [4.78, 5) is 11.9. The van der Waals surface area contributed by atoms with E-state index in [1.54, 1.807) is 12.1 Å². The van der Waals surface area contributed by atoms with E-state index >= 15 is 0 Å². The minimum Gasteiger partial charge on any atom is -0.352 e. The van der Waals surface area contributed by atoms with Gasteiger partial charge < -0.3 is 5.32 Å². The van der Waals surface area contributed by atoms with E-state index in [0.29, 0.717) is 19.4 Å². The highest BCUT2D eigenvalue weighted by molar-refractivity contribution is 7.91. The minimum atomic E-state index is -2.94. The number of sulfone groups is 1. The Morgan fingerprint density at radius 3 is 2.37 bits per heavy atom. The van der Waals surface area contributed by atoms with Gasteiger partial charge in [-0.3, -0.25) is 4.79 Å². The summed E-state index contributed by atoms with van der Waals surface area (Å²) in [6, 6.07) is 5.91. The fourth-order valence-electron chi connectivity index (χ4n) is 2.09. The van der Waals surface area contributed by atoms with Crippen LogP contribution in [0.3, 0.4) is 0 Å². The summed E-state index contributed by atoms with van der Waals surface area (Å²) >= 11 is 0. The summed E-state index contributed by atoms with van der Waals surface area (Å²) in [7, 11) is -2.94. The number of rotatable bonds is 3. The van der Waals surface area contributed by atoms with Gasteiger partial charge in [-0.05, 0) is 30.5 Å². The second-order valence-corrected chi connectivity index (χ2v) is 7.07. The van der Waals surface area contributed by atoms with Crippen molar-refractivity contribution in [3.8, 4) is 0 Å². The van der Waals surface area contributed by atoms with E-state index in [1.165, 1.54) is 12.1 Å². The summed E-state index contributed by atoms with van der Waals surface area (Å²) < 4.78 is 35.2. The minimum absolute atomic E-state index is 0.0850. The summed E-state index contributed by atoms with van der Waals surface area (Å²) in [6.07, 6.45) is 0.773. The van der Waals surface area contributed by atoms with Crippen molar-refractivity contribution in [2.75, 3.05) is 11.5 Å². The van der Waals surface area contributed by atoms with Gasteiger partial charge in [-0.15, -0.1) is 0 Å². The van der Waals surface area contributed by atoms with Gasteiger partial charge in [0, 0.05) is 12.5 Å². The molecule has 0 aromatic heterocycles. The smallest absolute Gasteiger partial charge is 0.223 e. The van der Waals surface area contributed by atoms with Crippen LogP contribution in [0.1, 0.15) is 18.4 Å². The normalized spacial score (nSPS) is 19.0. The topological polar surface area (TPSA) is 63.2 Å². The molecule has 1 saturated heterocycles. The molecule has 1 aromatic carbocycles. The fourth-order valence-corrected chi connectivity index (χ4v) is 3.58. The van der Waals surface area contributed by atoms with Crippen molar-refractivity contribution >= 4 is 15.7 Å². The van der Waals surface area contributed by atoms with E-state index in [-0.39, 0.29) is 29.1 Å². The summed E-state index contributed by atoms with van der Waals surface area (Å²) in [5.41, 5.74) is 0.818. The van der Waals surface area contributed by atoms with Crippen molar-refractivity contribution in [1.82, 2.24) is 5.32 Å². The zero-order valence-corrected chi connectivity index (χ0v) is 11.2. The maximum absolute atomic E-state index is 12.7. The van der Waals surface area contributed by atoms with Gasteiger partial charge in [0.2, 0.25) is 5.91 Å². The lowest BCUT2D eigenvalue weighted by atomic mass is 10.0. The van der Waals surface area contributed by atoms with Crippen molar-refractivity contribution in [2.45, 2.75) is 19.4 Å². The summed E-state index contributed by atoms with van der Waals surface area (Å²) in [6.45, 7) is 0.336. The van der Waals surface area contributed by atoms with Gasteiger partial charge in [-0.25, -0.2) is 12.8 Å². The molecule has 1 heterocycles. The molecule has 1 amide bonds. The molecule has 1 fully saturated rings. The number of hydrogen-bond acceptors (Lipinski definition) is 3. The Morgan fingerprint density at radius 1 is 1.21 bits per heavy atom. The number of halogens is 1. The molecule has 0 radical (unpaired) electrons. The first-order chi connectivity index (χ1) is 8.96. The highest BCUT2D eigenvalue weighted by Crippen LogP contribution is 2.19. The Kier molecular flexibility index (Phi) is 4.19. The number of hydrogen-bond donors (Lipinski definition) is 1. The molecule has 0 aliphatic carbocycles. The van der Waals surface area contributed by atoms with Crippen LogP contribution in [0.5, 0.6) is 0 Å². The molecule has 104 valence electrons. The van der Waals surface area contributed by atoms with E-state index in [1.807, 2.05) is 0 Å². The average molecular weight is 285 g/mol. The lowest BCUT2D eigenvalue weighted by Crippen LogP contribution is -2.35. The quantitative estimate of drug-likeness (QED) is 0.909. The lowest BCUT2D eigenvalue weighted by molar-refractivity contribution is -0.125. The van der Waals surface area contributed by atoms with Crippen LogP contribution in [0, 0.1) is 11.7 Å². The molecular formula is C13H16FNO3S. The third kappa shape index (κ3) is 4.02. The van der Waals surface area contributed by atoms with Crippen molar-refractivity contribution in [2.24, 2.45) is 5.92 Å². The van der Waals surface area contributed by atoms with Crippen molar-refractivity contribution < 1.29 is 17.6 Å². The Balaban J connectivity index is 1.83. The van der Waals surface area contributed by atoms with Crippen LogP contribution in [-0.2, 0) is 21.2 Å². The van der Waals surface area contributed by atoms with Crippen molar-refractivity contribution in [3.63, 3.8) is 0 Å². The Morgan fingerprint density at radius 2 is 1.79 bits per heavy atom. The lowest BCUT2D eigenvalue weighted by Gasteiger charge is -2.21. The molecule has 4 nitrogen and oxygen atoms in total. The van der Waals surface area contributed by atoms with Gasteiger partial charge >= 0.3 is 0 Å². The highest BCUT2D eigenvalue weighted by atomic mass is 32.2. The number of carbonyl (C=O) groups is 1. The average Bonchev–Trinajstić information content (AvgIpc) is 2.37. The Labute approximate surface area is 111 Å². The van der Waals surface area contributed by atoms with Crippen LogP contribution in [0.25, 0.3) is 0 Å². The molecule has 1 aliphatic rings. The molecule has 0 spiro atoms. The molecule has 0 saturated carbocycles. The highest BCUT2D eigenvalue weighted by Gasteiger charge is 2.28. The van der Waals surface area contributed by atoms with E-state index in [4.69, 9.17) is 0 Å². The van der Waals surface area contributed by atoms with Crippen LogP contribution in [-0.4, -0.2) is 25.8 Å². The van der Waals surface area contributed by atoms with E-state index in [9.17, 15) is 17.6 Å². The SMILES string of the molecule is O=C(NCc1ccc(F)cc1)C1CCS(=O)(=O)CC1. The first-order valence-corrected chi connectivity index (χ1v) is 8.01. The standard InChI is InChI=1S/C13H16FNO3S/c14-12-3-1-10(2-4-12)9-15-13(16)11-5-7-19(17,18)8-6-11/h1-4,11H,5-9H2,(H,15,16). The van der Waals surface area contributed by atoms with Crippen LogP contribution < -0.4 is 5.32 Å². The number of benzene rings is 1. The van der Waals surface area contributed by atoms with E-state index in [0.717, 1.165) is 5.56 Å². The monoisotopic (exact) mass is 285 g/mol. The van der Waals surface area contributed by atoms with Crippen LogP contribution in [0.4, 0.5) is 4.39 Å². The van der Waals surface area contributed by atoms with Crippen molar-refractivity contribution in [3.05, 3.63) is 35.6 Å². The van der Waals surface area contributed by atoms with Gasteiger partial charge in [-0.1, -0.05) is 12.1 Å². The number of nitrogens with one attached hydrogen (secondary N) is 1. The van der Waals surface area contributed by atoms with Gasteiger partial charge in [0.15, 0.2) is 0 Å². The molecule has 1 N–H and O–H groups in total. The number of carbonyl (C=O) groups excluding carboxylic acids is 1. The van der Waals surface area contributed by atoms with Gasteiger partial charge in [-0.2, -0.15) is 0 Å². The molecule has 6 heteroatoms. The third-order valence-electron chi connectivity index (χ3n) is 3.31. The predicted octanol–water partition coefficient (Wildman–Crippen LogP) is 1.27. The molecule has 0 atom stereocenters. The predicted molar refractivity (Wildman–Crippen MR) is 69.6 cm³/mol. The zero-order valence-electron chi connectivity index (χ0n) is 10.4. The first-order valence-electron chi connectivity index (χ1n) is 6.19. The number of amides is 1. The molecule has 1 aliphatic heterocycles. The summed E-state index contributed by atoms with van der Waals surface area (Å²) in [5, 5.41) is 2.76. The summed E-state index contributed by atoms with van der Waals surface area (Å²) in [5.74, 6) is -0.501. The van der Waals surface area contributed by atoms with Gasteiger partial charge in [0.1, 0.15) is 15.7 Å². The van der Waals surface area contributed by atoms with E-state index < -0.39 is 9.84 Å².